The third-order valence-electron chi connectivity index (χ3n) is 11.6. The monoisotopic (exact) mass is 964 g/mol. The van der Waals surface area contributed by atoms with Gasteiger partial charge in [0.2, 0.25) is 5.78 Å². The van der Waals surface area contributed by atoms with E-state index in [4.69, 9.17) is 39.6 Å². The van der Waals surface area contributed by atoms with Gasteiger partial charge in [0.1, 0.15) is 34.5 Å². The minimum Gasteiger partial charge on any atom is -0.508 e. The van der Waals surface area contributed by atoms with Crippen LogP contribution in [0.4, 0.5) is 4.79 Å². The maximum atomic E-state index is 15.3. The lowest BCUT2D eigenvalue weighted by Crippen LogP contribution is -2.68. The summed E-state index contributed by atoms with van der Waals surface area (Å²) in [5, 5.41) is 42.0. The maximum Gasteiger partial charge on any atom is 0.411 e. The van der Waals surface area contributed by atoms with Gasteiger partial charge in [-0.1, -0.05) is 48.9 Å². The molecule has 9 unspecified atom stereocenters. The number of alkyl carbamates (subject to hydrolysis) is 1. The standard InChI is InChI=1S/C47H56N4O12S3/c1-9-10-11-12-13-14-35(38-29(18-20-66(8)64)33(53)22-34(54)40(38)51-46(57)59-6)62-45-42(63-37-23-36(58-5)32(24-60-37)49-25(2)3)44(56)47(65-7,26(4)61-45)43(55)41-39-28(17-19-48-41)30-21-27(52)15-16-31(30)50-39/h11-12,15-19,21,25-26,32-33,35-37,42,44-45,49-50,52-53,56H,20,22-24H2,1-8H3,(H,51,57)/b12-11-,29-18-/t26?,32?,33-,35-,36?,37?,42?,44?,45?,47?,66?/m0/s1. The van der Waals surface area contributed by atoms with Crippen molar-refractivity contribution in [1.29, 1.82) is 0 Å². The zero-order valence-corrected chi connectivity index (χ0v) is 40.4. The minimum absolute atomic E-state index is 0.00559. The number of nitrogens with one attached hydrogen (secondary N) is 3. The number of hydrogen-bond donors (Lipinski definition) is 6. The highest BCUT2D eigenvalue weighted by molar-refractivity contribution is 8.28. The number of Topliss-reactive ketones (excluding diaryl/α,β-unsaturated/α-hetero) is 2. The molecule has 2 saturated heterocycles. The largest absolute Gasteiger partial charge is 0.508 e. The Bertz CT molecular complexity index is 2550. The molecule has 3 aliphatic rings. The van der Waals surface area contributed by atoms with E-state index in [2.05, 4.69) is 44.3 Å². The first-order valence-corrected chi connectivity index (χ1v) is 25.2. The van der Waals surface area contributed by atoms with Gasteiger partial charge in [-0.3, -0.25) is 19.9 Å². The van der Waals surface area contributed by atoms with Gasteiger partial charge in [-0.15, -0.1) is 27.1 Å². The van der Waals surface area contributed by atoms with Gasteiger partial charge in [-0.05, 0) is 68.3 Å². The van der Waals surface area contributed by atoms with Crippen LogP contribution in [0.1, 0.15) is 51.0 Å². The average Bonchev–Trinajstić information content (AvgIpc) is 3.65. The molecular formula is C47H56N4O12S3. The number of thioether (sulfide) groups is 1. The highest BCUT2D eigenvalue weighted by atomic mass is 32.8. The normalized spacial score (nSPS) is 28.5. The summed E-state index contributed by atoms with van der Waals surface area (Å²) in [7, 11) is 2.16. The van der Waals surface area contributed by atoms with Crippen molar-refractivity contribution in [2.24, 2.45) is 0 Å². The molecule has 2 fully saturated rings. The lowest BCUT2D eigenvalue weighted by molar-refractivity contribution is -0.323. The number of aromatic amines is 1. The second kappa shape index (κ2) is 22.5. The number of ketones is 2. The first-order chi connectivity index (χ1) is 31.6. The first kappa shape index (κ1) is 50.9. The lowest BCUT2D eigenvalue weighted by atomic mass is 9.82. The highest BCUT2D eigenvalue weighted by Crippen LogP contribution is 2.46. The second-order valence-electron chi connectivity index (χ2n) is 16.1. The van der Waals surface area contributed by atoms with Crippen LogP contribution in [0.5, 0.6) is 5.75 Å². The number of pyridine rings is 1. The topological polar surface area (TPSA) is 220 Å². The maximum absolute atomic E-state index is 15.3. The first-order valence-electron chi connectivity index (χ1n) is 21.2. The molecule has 0 radical (unpaired) electrons. The molecule has 0 bridgehead atoms. The number of phenols is 1. The number of benzene rings is 1. The van der Waals surface area contributed by atoms with E-state index >= 15 is 4.79 Å². The number of aromatic nitrogens is 2. The van der Waals surface area contributed by atoms with Crippen molar-refractivity contribution in [1.82, 2.24) is 20.6 Å². The Morgan fingerprint density at radius 3 is 2.62 bits per heavy atom. The summed E-state index contributed by atoms with van der Waals surface area (Å²) in [6, 6.07) is 6.46. The van der Waals surface area contributed by atoms with Crippen molar-refractivity contribution in [3.8, 4) is 29.4 Å². The van der Waals surface area contributed by atoms with E-state index in [1.807, 2.05) is 20.1 Å². The number of carbonyl (C=O) groups is 3. The third kappa shape index (κ3) is 10.9. The molecule has 2 aromatic heterocycles. The van der Waals surface area contributed by atoms with Gasteiger partial charge in [0.05, 0.1) is 49.3 Å². The fraction of sp³-hybridized carbons (Fsp3) is 0.489. The van der Waals surface area contributed by atoms with Crippen LogP contribution >= 0.6 is 11.8 Å². The fourth-order valence-corrected chi connectivity index (χ4v) is 10.1. The zero-order valence-electron chi connectivity index (χ0n) is 37.9. The van der Waals surface area contributed by atoms with E-state index in [1.54, 1.807) is 51.5 Å². The second-order valence-corrected chi connectivity index (χ2v) is 20.4. The van der Waals surface area contributed by atoms with Gasteiger partial charge in [0.25, 0.3) is 0 Å². The van der Waals surface area contributed by atoms with Crippen molar-refractivity contribution in [2.45, 2.75) is 107 Å². The minimum atomic E-state index is -1.80. The third-order valence-corrected chi connectivity index (χ3v) is 14.0. The molecule has 4 heterocycles. The Morgan fingerprint density at radius 2 is 1.94 bits per heavy atom. The van der Waals surface area contributed by atoms with E-state index in [-0.39, 0.29) is 65.9 Å². The number of carbonyl (C=O) groups excluding carboxylic acids is 3. The molecule has 19 heteroatoms. The number of ether oxygens (including phenoxy) is 6. The van der Waals surface area contributed by atoms with Crippen LogP contribution in [0, 0.1) is 23.7 Å². The molecule has 6 rings (SSSR count). The van der Waals surface area contributed by atoms with Crippen LogP contribution in [-0.4, -0.2) is 148 Å². The Balaban J connectivity index is 1.50. The Labute approximate surface area is 395 Å². The summed E-state index contributed by atoms with van der Waals surface area (Å²) < 4.78 is 35.4. The predicted octanol–water partition coefficient (Wildman–Crippen LogP) is 3.87. The summed E-state index contributed by atoms with van der Waals surface area (Å²) in [5.41, 5.74) is 1.05. The molecule has 1 aromatic carbocycles. The zero-order chi connectivity index (χ0) is 47.9. The van der Waals surface area contributed by atoms with Crippen molar-refractivity contribution in [2.75, 3.05) is 39.1 Å². The number of phenolic OH excluding ortho intramolecular Hbond substituents is 1. The number of nitrogens with zero attached hydrogens (tertiary/aromatic N) is 1. The number of rotatable bonds is 14. The van der Waals surface area contributed by atoms with E-state index < -0.39 is 75.0 Å². The summed E-state index contributed by atoms with van der Waals surface area (Å²) in [4.78, 5) is 49.7. The Morgan fingerprint density at radius 1 is 1.18 bits per heavy atom. The predicted molar refractivity (Wildman–Crippen MR) is 255 cm³/mol. The number of hydrogen-bond acceptors (Lipinski definition) is 16. The smallest absolute Gasteiger partial charge is 0.411 e. The molecule has 3 aromatic rings. The number of aliphatic hydroxyl groups is 2. The number of methoxy groups -OCH3 is 2. The van der Waals surface area contributed by atoms with Crippen molar-refractivity contribution in [3.05, 3.63) is 71.2 Å². The van der Waals surface area contributed by atoms with E-state index in [0.717, 1.165) is 18.9 Å². The molecule has 66 heavy (non-hydrogen) atoms. The molecule has 354 valence electrons. The number of fused-ring (bicyclic) bond motifs is 3. The number of H-pyrrole nitrogens is 1. The van der Waals surface area contributed by atoms with E-state index in [9.17, 15) is 24.9 Å². The quantitative estimate of drug-likeness (QED) is 0.0998. The van der Waals surface area contributed by atoms with Gasteiger partial charge >= 0.3 is 6.09 Å². The summed E-state index contributed by atoms with van der Waals surface area (Å²) in [6.45, 7) is 7.47. The summed E-state index contributed by atoms with van der Waals surface area (Å²) >= 11 is 6.54. The fourth-order valence-electron chi connectivity index (χ4n) is 8.47. The molecule has 1 amide bonds. The summed E-state index contributed by atoms with van der Waals surface area (Å²) in [5.74, 6) is 10.6. The van der Waals surface area contributed by atoms with Crippen molar-refractivity contribution in [3.63, 3.8) is 0 Å². The van der Waals surface area contributed by atoms with Crippen LogP contribution in [0.25, 0.3) is 21.8 Å². The van der Waals surface area contributed by atoms with E-state index in [1.165, 1.54) is 24.4 Å². The molecule has 0 spiro atoms. The summed E-state index contributed by atoms with van der Waals surface area (Å²) in [6.07, 6.45) is -1.61. The number of allylic oxidation sites excluding steroid dienone is 3. The van der Waals surface area contributed by atoms with Crippen LogP contribution in [0.15, 0.2) is 65.5 Å². The SMILES string of the molecule is CC#C/C=C\C#C[C@H](OC1OC(C)C(SC)(C(=O)c2nccc3c2[nH]c2ccc(O)cc23)C(O)C1OC1CC(OC)C(NC(C)C)CO1)C1=C(NC(=O)OC)C(=O)C[C@H](O)/C1=C/CS(C)=S. The van der Waals surface area contributed by atoms with Crippen LogP contribution in [-0.2, 0) is 53.9 Å². The van der Waals surface area contributed by atoms with E-state index in [0.29, 0.717) is 27.6 Å². The number of aliphatic hydroxyl groups excluding tert-OH is 2. The van der Waals surface area contributed by atoms with Gasteiger partial charge in [-0.25, -0.2) is 4.79 Å². The van der Waals surface area contributed by atoms with Crippen molar-refractivity contribution >= 4 is 71.9 Å². The molecule has 16 nitrogen and oxygen atoms in total. The molecule has 0 saturated carbocycles. The van der Waals surface area contributed by atoms with Gasteiger partial charge < -0.3 is 54.0 Å². The number of aromatic hydroxyl groups is 1. The molecular weight excluding hydrogens is 909 g/mol. The van der Waals surface area contributed by atoms with Gasteiger partial charge in [0.15, 0.2) is 18.4 Å². The van der Waals surface area contributed by atoms with Gasteiger partial charge in [0, 0.05) is 59.8 Å². The van der Waals surface area contributed by atoms with Crippen LogP contribution in [0.2, 0.25) is 0 Å². The Hall–Kier alpha value is -4.48. The highest BCUT2D eigenvalue weighted by Gasteiger charge is 2.61. The molecule has 11 atom stereocenters. The molecule has 1 aliphatic carbocycles. The number of amides is 1. The van der Waals surface area contributed by atoms with Crippen LogP contribution in [0.3, 0.4) is 0 Å². The van der Waals surface area contributed by atoms with Gasteiger partial charge in [-0.2, -0.15) is 0 Å². The van der Waals surface area contributed by atoms with Crippen LogP contribution < -0.4 is 10.6 Å². The molecule has 6 N–H and O–H groups in total. The lowest BCUT2D eigenvalue weighted by Gasteiger charge is -2.51. The Kier molecular flexibility index (Phi) is 17.4. The van der Waals surface area contributed by atoms with Crippen molar-refractivity contribution < 1.29 is 58.1 Å². The molecule has 2 aliphatic heterocycles. The average molecular weight is 965 g/mol.